The Morgan fingerprint density at radius 2 is 1.84 bits per heavy atom. The lowest BCUT2D eigenvalue weighted by molar-refractivity contribution is -0.385. The molecular weight excluding hydrogens is 412 g/mol. The normalized spacial score (nSPS) is 10.5. The highest BCUT2D eigenvalue weighted by atomic mass is 16.6. The van der Waals surface area contributed by atoms with Crippen LogP contribution in [0.2, 0.25) is 0 Å². The molecule has 4 rings (SSSR count). The third-order valence-electron chi connectivity index (χ3n) is 4.65. The molecule has 0 saturated heterocycles. The molecule has 1 aromatic heterocycles. The van der Waals surface area contributed by atoms with Crippen LogP contribution in [0.3, 0.4) is 0 Å². The number of hydrogen-bond acceptors (Lipinski definition) is 7. The number of benzene rings is 3. The predicted octanol–water partition coefficient (Wildman–Crippen LogP) is 4.78. The summed E-state index contributed by atoms with van der Waals surface area (Å²) in [6.45, 7) is 1.73. The van der Waals surface area contributed by atoms with Crippen LogP contribution in [0.5, 0.6) is 5.75 Å². The van der Waals surface area contributed by atoms with Gasteiger partial charge in [-0.2, -0.15) is 4.98 Å². The maximum absolute atomic E-state index is 12.7. The number of nitrogens with zero attached hydrogens (tertiary/aromatic N) is 3. The van der Waals surface area contributed by atoms with Gasteiger partial charge in [0, 0.05) is 17.2 Å². The van der Waals surface area contributed by atoms with Crippen LogP contribution in [0, 0.1) is 17.0 Å². The van der Waals surface area contributed by atoms with Crippen molar-refractivity contribution in [3.8, 4) is 17.2 Å². The van der Waals surface area contributed by atoms with Crippen LogP contribution in [0.1, 0.15) is 21.7 Å². The Balaban J connectivity index is 1.52. The summed E-state index contributed by atoms with van der Waals surface area (Å²) >= 11 is 0. The second-order valence-corrected chi connectivity index (χ2v) is 6.88. The van der Waals surface area contributed by atoms with E-state index in [-0.39, 0.29) is 23.7 Å². The highest BCUT2D eigenvalue weighted by Gasteiger charge is 2.18. The van der Waals surface area contributed by atoms with Gasteiger partial charge in [-0.05, 0) is 37.3 Å². The number of amides is 1. The van der Waals surface area contributed by atoms with Crippen LogP contribution in [-0.2, 0) is 6.61 Å². The average molecular weight is 430 g/mol. The molecule has 1 amide bonds. The molecule has 9 nitrogen and oxygen atoms in total. The van der Waals surface area contributed by atoms with E-state index in [2.05, 4.69) is 15.5 Å². The number of anilines is 1. The molecule has 0 aliphatic rings. The minimum atomic E-state index is -0.516. The Hall–Kier alpha value is -4.53. The van der Waals surface area contributed by atoms with Crippen LogP contribution < -0.4 is 10.1 Å². The summed E-state index contributed by atoms with van der Waals surface area (Å²) in [5, 5.41) is 17.9. The van der Waals surface area contributed by atoms with Crippen LogP contribution in [0.4, 0.5) is 11.4 Å². The first-order valence-electron chi connectivity index (χ1n) is 9.67. The number of nitrogens with one attached hydrogen (secondary N) is 1. The zero-order chi connectivity index (χ0) is 22.5. The lowest BCUT2D eigenvalue weighted by atomic mass is 10.1. The fraction of sp³-hybridized carbons (Fsp3) is 0.0870. The van der Waals surface area contributed by atoms with Crippen molar-refractivity contribution in [2.45, 2.75) is 13.5 Å². The van der Waals surface area contributed by atoms with Crippen LogP contribution >= 0.6 is 0 Å². The van der Waals surface area contributed by atoms with Crippen molar-refractivity contribution in [1.29, 1.82) is 0 Å². The predicted molar refractivity (Wildman–Crippen MR) is 116 cm³/mol. The molecule has 0 unspecified atom stereocenters. The summed E-state index contributed by atoms with van der Waals surface area (Å²) in [6, 6.07) is 20.5. The lowest BCUT2D eigenvalue weighted by Gasteiger charge is -2.09. The van der Waals surface area contributed by atoms with Gasteiger partial charge in [-0.3, -0.25) is 14.9 Å². The van der Waals surface area contributed by atoms with Gasteiger partial charge in [0.1, 0.15) is 5.75 Å². The summed E-state index contributed by atoms with van der Waals surface area (Å²) in [7, 11) is 0. The number of carbonyl (C=O) groups is 1. The average Bonchev–Trinajstić information content (AvgIpc) is 3.27. The number of carbonyl (C=O) groups excluding carboxylic acids is 1. The molecule has 0 fully saturated rings. The maximum atomic E-state index is 12.7. The van der Waals surface area contributed by atoms with Crippen molar-refractivity contribution >= 4 is 17.3 Å². The van der Waals surface area contributed by atoms with E-state index in [1.165, 1.54) is 18.2 Å². The van der Waals surface area contributed by atoms with Crippen LogP contribution in [0.15, 0.2) is 77.3 Å². The standard InChI is InChI=1S/C23H18N4O5/c1-15-11-12-16(13-20(15)27(29)30)22(28)24-19-10-6-5-9-18(19)23-25-21(26-32-23)14-31-17-7-3-2-4-8-17/h2-13H,14H2,1H3,(H,24,28). The van der Waals surface area contributed by atoms with E-state index >= 15 is 0 Å². The van der Waals surface area contributed by atoms with E-state index < -0.39 is 10.8 Å². The van der Waals surface area contributed by atoms with Gasteiger partial charge >= 0.3 is 0 Å². The first-order chi connectivity index (χ1) is 15.5. The van der Waals surface area contributed by atoms with E-state index in [1.54, 1.807) is 31.2 Å². The quantitative estimate of drug-likeness (QED) is 0.331. The number of hydrogen-bond donors (Lipinski definition) is 1. The summed E-state index contributed by atoms with van der Waals surface area (Å²) in [6.07, 6.45) is 0. The minimum Gasteiger partial charge on any atom is -0.485 e. The zero-order valence-electron chi connectivity index (χ0n) is 17.0. The smallest absolute Gasteiger partial charge is 0.273 e. The van der Waals surface area contributed by atoms with E-state index in [9.17, 15) is 14.9 Å². The molecule has 160 valence electrons. The molecule has 0 aliphatic carbocycles. The monoisotopic (exact) mass is 430 g/mol. The molecule has 0 aliphatic heterocycles. The van der Waals surface area contributed by atoms with Gasteiger partial charge in [-0.15, -0.1) is 0 Å². The number of ether oxygens (including phenoxy) is 1. The van der Waals surface area contributed by atoms with E-state index in [4.69, 9.17) is 9.26 Å². The van der Waals surface area contributed by atoms with Crippen molar-refractivity contribution in [1.82, 2.24) is 10.1 Å². The molecule has 9 heteroatoms. The van der Waals surface area contributed by atoms with E-state index in [1.807, 2.05) is 30.3 Å². The van der Waals surface area contributed by atoms with Gasteiger partial charge in [0.2, 0.25) is 5.82 Å². The molecule has 3 aromatic carbocycles. The SMILES string of the molecule is Cc1ccc(C(=O)Nc2ccccc2-c2nc(COc3ccccc3)no2)cc1[N+](=O)[O-]. The second kappa shape index (κ2) is 9.09. The Morgan fingerprint density at radius 3 is 2.62 bits per heavy atom. The van der Waals surface area contributed by atoms with Crippen molar-refractivity contribution < 1.29 is 19.0 Å². The van der Waals surface area contributed by atoms with Gasteiger partial charge in [-0.1, -0.05) is 41.6 Å². The van der Waals surface area contributed by atoms with Gasteiger partial charge in [0.15, 0.2) is 6.61 Å². The molecule has 0 atom stereocenters. The Labute approximate surface area is 182 Å². The van der Waals surface area contributed by atoms with Gasteiger partial charge in [0.05, 0.1) is 16.2 Å². The lowest BCUT2D eigenvalue weighted by Crippen LogP contribution is -2.13. The number of para-hydroxylation sites is 2. The molecule has 32 heavy (non-hydrogen) atoms. The summed E-state index contributed by atoms with van der Waals surface area (Å²) in [5.41, 5.74) is 1.47. The number of aromatic nitrogens is 2. The number of nitro benzene ring substituents is 1. The van der Waals surface area contributed by atoms with E-state index in [0.717, 1.165) is 0 Å². The molecule has 1 N–H and O–H groups in total. The largest absolute Gasteiger partial charge is 0.485 e. The van der Waals surface area contributed by atoms with Crippen molar-refractivity contribution in [3.05, 3.63) is 99.9 Å². The first kappa shape index (κ1) is 20.7. The molecule has 0 radical (unpaired) electrons. The molecule has 0 bridgehead atoms. The van der Waals surface area contributed by atoms with Crippen LogP contribution in [-0.4, -0.2) is 21.0 Å². The Morgan fingerprint density at radius 1 is 1.09 bits per heavy atom. The van der Waals surface area contributed by atoms with Crippen molar-refractivity contribution in [2.75, 3.05) is 5.32 Å². The first-order valence-corrected chi connectivity index (χ1v) is 9.67. The van der Waals surface area contributed by atoms with E-state index in [0.29, 0.717) is 28.4 Å². The summed E-state index contributed by atoms with van der Waals surface area (Å²) < 4.78 is 11.0. The molecule has 0 spiro atoms. The van der Waals surface area contributed by atoms with Crippen molar-refractivity contribution in [3.63, 3.8) is 0 Å². The zero-order valence-corrected chi connectivity index (χ0v) is 17.0. The number of rotatable bonds is 7. The topological polar surface area (TPSA) is 120 Å². The fourth-order valence-corrected chi connectivity index (χ4v) is 3.01. The Kier molecular flexibility index (Phi) is 5.89. The minimum absolute atomic E-state index is 0.120. The highest BCUT2D eigenvalue weighted by Crippen LogP contribution is 2.28. The third kappa shape index (κ3) is 4.62. The second-order valence-electron chi connectivity index (χ2n) is 6.88. The number of nitro groups is 1. The summed E-state index contributed by atoms with van der Waals surface area (Å²) in [5.74, 6) is 0.744. The van der Waals surface area contributed by atoms with Gasteiger partial charge in [-0.25, -0.2) is 0 Å². The Bertz CT molecular complexity index is 1270. The molecule has 1 heterocycles. The summed E-state index contributed by atoms with van der Waals surface area (Å²) in [4.78, 5) is 27.7. The van der Waals surface area contributed by atoms with Crippen LogP contribution in [0.25, 0.3) is 11.5 Å². The van der Waals surface area contributed by atoms with Crippen molar-refractivity contribution in [2.24, 2.45) is 0 Å². The van der Waals surface area contributed by atoms with Gasteiger partial charge in [0.25, 0.3) is 17.5 Å². The highest BCUT2D eigenvalue weighted by molar-refractivity contribution is 6.06. The third-order valence-corrected chi connectivity index (χ3v) is 4.65. The fourth-order valence-electron chi connectivity index (χ4n) is 3.01. The molecular formula is C23H18N4O5. The maximum Gasteiger partial charge on any atom is 0.273 e. The molecule has 4 aromatic rings. The molecule has 0 saturated carbocycles. The van der Waals surface area contributed by atoms with Gasteiger partial charge < -0.3 is 14.6 Å². The number of aryl methyl sites for hydroxylation is 1.